The second kappa shape index (κ2) is 8.96. The number of benzene rings is 1. The first-order chi connectivity index (χ1) is 13.0. The minimum atomic E-state index is -0.117. The smallest absolute Gasteiger partial charge is 0.236 e. The third-order valence-electron chi connectivity index (χ3n) is 3.63. The summed E-state index contributed by atoms with van der Waals surface area (Å²) in [6.07, 6.45) is 2.56. The van der Waals surface area contributed by atoms with Crippen molar-refractivity contribution in [1.29, 1.82) is 0 Å². The molecule has 1 amide bonds. The van der Waals surface area contributed by atoms with Crippen LogP contribution in [-0.2, 0) is 11.2 Å². The van der Waals surface area contributed by atoms with E-state index in [0.717, 1.165) is 28.4 Å². The van der Waals surface area contributed by atoms with E-state index in [2.05, 4.69) is 20.3 Å². The van der Waals surface area contributed by atoms with E-state index in [9.17, 15) is 4.79 Å². The summed E-state index contributed by atoms with van der Waals surface area (Å²) in [5.41, 5.74) is 2.96. The summed E-state index contributed by atoms with van der Waals surface area (Å²) in [4.78, 5) is 26.2. The summed E-state index contributed by atoms with van der Waals surface area (Å²) in [6, 6.07) is 9.83. The number of aromatic nitrogens is 3. The molecule has 6 nitrogen and oxygen atoms in total. The van der Waals surface area contributed by atoms with Crippen LogP contribution in [0.5, 0.6) is 5.75 Å². The maximum absolute atomic E-state index is 12.2. The Morgan fingerprint density at radius 2 is 1.89 bits per heavy atom. The first kappa shape index (κ1) is 19.3. The number of hydrogen-bond donors (Lipinski definition) is 1. The van der Waals surface area contributed by atoms with Gasteiger partial charge in [0.25, 0.3) is 0 Å². The number of thiazole rings is 1. The van der Waals surface area contributed by atoms with Gasteiger partial charge in [0.05, 0.1) is 12.9 Å². The number of hydrogen-bond acceptors (Lipinski definition) is 7. The van der Waals surface area contributed by atoms with Crippen LogP contribution in [0.4, 0.5) is 5.13 Å². The van der Waals surface area contributed by atoms with Gasteiger partial charge in [-0.3, -0.25) is 4.79 Å². The maximum atomic E-state index is 12.2. The number of nitrogens with zero attached hydrogens (tertiary/aromatic N) is 3. The minimum absolute atomic E-state index is 0.117. The predicted octanol–water partition coefficient (Wildman–Crippen LogP) is 3.88. The molecule has 0 fully saturated rings. The lowest BCUT2D eigenvalue weighted by Gasteiger charge is -2.03. The van der Waals surface area contributed by atoms with Crippen LogP contribution in [0.3, 0.4) is 0 Å². The van der Waals surface area contributed by atoms with Crippen LogP contribution >= 0.6 is 23.1 Å². The molecule has 1 aromatic carbocycles. The van der Waals surface area contributed by atoms with E-state index in [1.807, 2.05) is 44.2 Å². The number of carbonyl (C=O) groups is 1. The highest BCUT2D eigenvalue weighted by molar-refractivity contribution is 7.99. The largest absolute Gasteiger partial charge is 0.497 e. The van der Waals surface area contributed by atoms with Gasteiger partial charge in [-0.15, -0.1) is 11.3 Å². The Labute approximate surface area is 166 Å². The van der Waals surface area contributed by atoms with Crippen molar-refractivity contribution in [2.45, 2.75) is 25.4 Å². The summed E-state index contributed by atoms with van der Waals surface area (Å²) in [6.45, 7) is 3.83. The standard InChI is InChI=1S/C19H20N4O2S2/c1-12-8-13(2)22-19(21-12)26-11-17(24)23-18-20-10-16(27-18)9-14-4-6-15(25-3)7-5-14/h4-8,10H,9,11H2,1-3H3,(H,20,23,24). The van der Waals surface area contributed by atoms with Crippen molar-refractivity contribution in [3.8, 4) is 5.75 Å². The van der Waals surface area contributed by atoms with E-state index in [-0.39, 0.29) is 11.7 Å². The SMILES string of the molecule is COc1ccc(Cc2cnc(NC(=O)CSc3nc(C)cc(C)n3)s2)cc1. The second-order valence-corrected chi connectivity index (χ2v) is 7.98. The van der Waals surface area contributed by atoms with Crippen LogP contribution in [0.1, 0.15) is 21.8 Å². The molecule has 8 heteroatoms. The number of thioether (sulfide) groups is 1. The van der Waals surface area contributed by atoms with Crippen LogP contribution in [-0.4, -0.2) is 33.7 Å². The third-order valence-corrected chi connectivity index (χ3v) is 5.39. The fraction of sp³-hybridized carbons (Fsp3) is 0.263. The number of nitrogens with one attached hydrogen (secondary N) is 1. The van der Waals surface area contributed by atoms with E-state index >= 15 is 0 Å². The maximum Gasteiger partial charge on any atom is 0.236 e. The van der Waals surface area contributed by atoms with Crippen LogP contribution < -0.4 is 10.1 Å². The molecule has 0 aliphatic carbocycles. The van der Waals surface area contributed by atoms with Gasteiger partial charge >= 0.3 is 0 Å². The highest BCUT2D eigenvalue weighted by Crippen LogP contribution is 2.23. The van der Waals surface area contributed by atoms with Gasteiger partial charge < -0.3 is 10.1 Å². The number of carbonyl (C=O) groups excluding carboxylic acids is 1. The van der Waals surface area contributed by atoms with Gasteiger partial charge in [-0.2, -0.15) is 0 Å². The molecule has 0 spiro atoms. The van der Waals surface area contributed by atoms with Gasteiger partial charge in [-0.1, -0.05) is 23.9 Å². The Balaban J connectivity index is 1.52. The number of amides is 1. The molecule has 3 rings (SSSR count). The summed E-state index contributed by atoms with van der Waals surface area (Å²) in [7, 11) is 1.65. The number of ether oxygens (including phenoxy) is 1. The monoisotopic (exact) mass is 400 g/mol. The van der Waals surface area contributed by atoms with E-state index in [1.165, 1.54) is 28.7 Å². The molecule has 0 unspecified atom stereocenters. The average Bonchev–Trinajstić information content (AvgIpc) is 3.06. The molecule has 0 saturated carbocycles. The molecule has 27 heavy (non-hydrogen) atoms. The molecular formula is C19H20N4O2S2. The van der Waals surface area contributed by atoms with Crippen molar-refractivity contribution in [1.82, 2.24) is 15.0 Å². The zero-order chi connectivity index (χ0) is 19.2. The van der Waals surface area contributed by atoms with Gasteiger partial charge in [0, 0.05) is 28.9 Å². The van der Waals surface area contributed by atoms with Crippen molar-refractivity contribution < 1.29 is 9.53 Å². The zero-order valence-electron chi connectivity index (χ0n) is 15.4. The molecule has 0 atom stereocenters. The lowest BCUT2D eigenvalue weighted by molar-refractivity contribution is -0.113. The van der Waals surface area contributed by atoms with Crippen molar-refractivity contribution in [3.05, 3.63) is 58.4 Å². The molecule has 140 valence electrons. The number of aryl methyl sites for hydroxylation is 2. The highest BCUT2D eigenvalue weighted by Gasteiger charge is 2.10. The molecule has 0 bridgehead atoms. The van der Waals surface area contributed by atoms with Gasteiger partial charge in [-0.25, -0.2) is 15.0 Å². The Kier molecular flexibility index (Phi) is 6.41. The average molecular weight is 401 g/mol. The summed E-state index contributed by atoms with van der Waals surface area (Å²) < 4.78 is 5.17. The first-order valence-electron chi connectivity index (χ1n) is 8.34. The molecule has 2 aromatic heterocycles. The molecule has 1 N–H and O–H groups in total. The summed E-state index contributed by atoms with van der Waals surface area (Å²) in [5, 5.41) is 4.05. The quantitative estimate of drug-likeness (QED) is 0.479. The van der Waals surface area contributed by atoms with E-state index < -0.39 is 0 Å². The lowest BCUT2D eigenvalue weighted by Crippen LogP contribution is -2.14. The molecular weight excluding hydrogens is 380 g/mol. The number of anilines is 1. The fourth-order valence-electron chi connectivity index (χ4n) is 2.44. The zero-order valence-corrected chi connectivity index (χ0v) is 17.0. The third kappa shape index (κ3) is 5.77. The van der Waals surface area contributed by atoms with E-state index in [1.54, 1.807) is 13.3 Å². The van der Waals surface area contributed by atoms with E-state index in [0.29, 0.717) is 10.3 Å². The van der Waals surface area contributed by atoms with Crippen molar-refractivity contribution in [2.24, 2.45) is 0 Å². The van der Waals surface area contributed by atoms with Crippen LogP contribution in [0, 0.1) is 13.8 Å². The van der Waals surface area contributed by atoms with Crippen molar-refractivity contribution in [2.75, 3.05) is 18.2 Å². The highest BCUT2D eigenvalue weighted by atomic mass is 32.2. The van der Waals surface area contributed by atoms with Crippen LogP contribution in [0.2, 0.25) is 0 Å². The van der Waals surface area contributed by atoms with Crippen LogP contribution in [0.15, 0.2) is 41.7 Å². The molecule has 0 aliphatic rings. The Morgan fingerprint density at radius 1 is 1.19 bits per heavy atom. The lowest BCUT2D eigenvalue weighted by atomic mass is 10.1. The normalized spacial score (nSPS) is 10.6. The first-order valence-corrected chi connectivity index (χ1v) is 10.1. The molecule has 0 aliphatic heterocycles. The second-order valence-electron chi connectivity index (χ2n) is 5.93. The molecule has 0 radical (unpaired) electrons. The van der Waals surface area contributed by atoms with Gasteiger partial charge in [-0.05, 0) is 37.6 Å². The fourth-order valence-corrected chi connectivity index (χ4v) is 4.05. The van der Waals surface area contributed by atoms with Crippen molar-refractivity contribution in [3.63, 3.8) is 0 Å². The van der Waals surface area contributed by atoms with Gasteiger partial charge in [0.2, 0.25) is 5.91 Å². The molecule has 2 heterocycles. The molecule has 0 saturated heterocycles. The topological polar surface area (TPSA) is 77.0 Å². The Bertz CT molecular complexity index is 905. The Morgan fingerprint density at radius 3 is 2.56 bits per heavy atom. The molecule has 3 aromatic rings. The van der Waals surface area contributed by atoms with E-state index in [4.69, 9.17) is 4.74 Å². The summed E-state index contributed by atoms with van der Waals surface area (Å²) >= 11 is 2.80. The van der Waals surface area contributed by atoms with Gasteiger partial charge in [0.1, 0.15) is 5.75 Å². The number of methoxy groups -OCH3 is 1. The predicted molar refractivity (Wildman–Crippen MR) is 109 cm³/mol. The van der Waals surface area contributed by atoms with Crippen molar-refractivity contribution >= 4 is 34.1 Å². The van der Waals surface area contributed by atoms with Gasteiger partial charge in [0.15, 0.2) is 10.3 Å². The summed E-state index contributed by atoms with van der Waals surface area (Å²) in [5.74, 6) is 0.963. The Hall–Kier alpha value is -2.45. The van der Waals surface area contributed by atoms with Crippen LogP contribution in [0.25, 0.3) is 0 Å². The minimum Gasteiger partial charge on any atom is -0.497 e. The number of rotatable bonds is 7.